The maximum absolute atomic E-state index is 12.5. The average molecular weight is 404 g/mol. The number of amides is 1. The van der Waals surface area contributed by atoms with E-state index in [1.54, 1.807) is 24.3 Å². The zero-order chi connectivity index (χ0) is 20.2. The van der Waals surface area contributed by atoms with Crippen molar-refractivity contribution in [2.75, 3.05) is 0 Å². The van der Waals surface area contributed by atoms with Crippen molar-refractivity contribution in [2.24, 2.45) is 0 Å². The lowest BCUT2D eigenvalue weighted by Crippen LogP contribution is -2.26. The third-order valence-electron chi connectivity index (χ3n) is 4.56. The van der Waals surface area contributed by atoms with E-state index in [0.29, 0.717) is 22.4 Å². The Hall–Kier alpha value is -3.44. The van der Waals surface area contributed by atoms with Crippen LogP contribution in [0.3, 0.4) is 0 Å². The Kier molecular flexibility index (Phi) is 5.40. The number of aromatic nitrogens is 2. The van der Waals surface area contributed by atoms with E-state index < -0.39 is 0 Å². The van der Waals surface area contributed by atoms with E-state index in [1.165, 1.54) is 0 Å². The summed E-state index contributed by atoms with van der Waals surface area (Å²) >= 11 is 5.92. The van der Waals surface area contributed by atoms with Crippen LogP contribution in [0.5, 0.6) is 0 Å². The number of benzene rings is 3. The molecule has 0 fully saturated rings. The molecule has 1 atom stereocenters. The Morgan fingerprint density at radius 3 is 2.07 bits per heavy atom. The molecule has 4 rings (SSSR count). The first kappa shape index (κ1) is 18.9. The molecule has 0 bridgehead atoms. The van der Waals surface area contributed by atoms with E-state index in [1.807, 2.05) is 61.5 Å². The summed E-state index contributed by atoms with van der Waals surface area (Å²) < 4.78 is 5.75. The third kappa shape index (κ3) is 4.36. The van der Waals surface area contributed by atoms with Crippen LogP contribution in [-0.2, 0) is 0 Å². The fourth-order valence-electron chi connectivity index (χ4n) is 2.92. The van der Waals surface area contributed by atoms with Crippen LogP contribution in [0.4, 0.5) is 0 Å². The fourth-order valence-corrected chi connectivity index (χ4v) is 3.04. The van der Waals surface area contributed by atoms with Gasteiger partial charge in [-0.3, -0.25) is 4.79 Å². The summed E-state index contributed by atoms with van der Waals surface area (Å²) in [6, 6.07) is 23.9. The monoisotopic (exact) mass is 403 g/mol. The average Bonchev–Trinajstić information content (AvgIpc) is 3.25. The number of rotatable bonds is 5. The lowest BCUT2D eigenvalue weighted by Gasteiger charge is -2.14. The number of carbonyl (C=O) groups is 1. The predicted octanol–water partition coefficient (Wildman–Crippen LogP) is 5.55. The minimum atomic E-state index is -0.158. The smallest absolute Gasteiger partial charge is 0.251 e. The van der Waals surface area contributed by atoms with E-state index in [0.717, 1.165) is 16.7 Å². The van der Waals surface area contributed by atoms with Crippen molar-refractivity contribution in [3.05, 3.63) is 95.0 Å². The Bertz CT molecular complexity index is 1110. The molecule has 5 nitrogen and oxygen atoms in total. The highest BCUT2D eigenvalue weighted by Gasteiger charge is 2.14. The lowest BCUT2D eigenvalue weighted by molar-refractivity contribution is 0.0940. The van der Waals surface area contributed by atoms with Gasteiger partial charge in [0.2, 0.25) is 11.8 Å². The SMILES string of the molecule is C[C@@H](NC(=O)c1ccc(-c2nnc(-c3ccccc3)o2)cc1)c1ccc(Cl)cc1. The zero-order valence-electron chi connectivity index (χ0n) is 15.7. The molecule has 0 aliphatic rings. The van der Waals surface area contributed by atoms with Gasteiger partial charge in [-0.25, -0.2) is 0 Å². The van der Waals surface area contributed by atoms with Gasteiger partial charge in [-0.2, -0.15) is 0 Å². The summed E-state index contributed by atoms with van der Waals surface area (Å²) in [6.45, 7) is 1.93. The van der Waals surface area contributed by atoms with E-state index in [9.17, 15) is 4.79 Å². The predicted molar refractivity (Wildman–Crippen MR) is 113 cm³/mol. The van der Waals surface area contributed by atoms with Crippen molar-refractivity contribution in [3.63, 3.8) is 0 Å². The molecule has 0 saturated carbocycles. The number of hydrogen-bond acceptors (Lipinski definition) is 4. The van der Waals surface area contributed by atoms with Crippen LogP contribution in [0.25, 0.3) is 22.9 Å². The summed E-state index contributed by atoms with van der Waals surface area (Å²) in [5.74, 6) is 0.707. The summed E-state index contributed by atoms with van der Waals surface area (Å²) in [6.07, 6.45) is 0. The van der Waals surface area contributed by atoms with Gasteiger partial charge < -0.3 is 9.73 Å². The van der Waals surface area contributed by atoms with Crippen molar-refractivity contribution >= 4 is 17.5 Å². The molecule has 0 saturated heterocycles. The molecule has 0 unspecified atom stereocenters. The number of carbonyl (C=O) groups excluding carboxylic acids is 1. The van der Waals surface area contributed by atoms with Crippen molar-refractivity contribution < 1.29 is 9.21 Å². The van der Waals surface area contributed by atoms with Gasteiger partial charge in [-0.1, -0.05) is 41.9 Å². The van der Waals surface area contributed by atoms with Crippen LogP contribution < -0.4 is 5.32 Å². The van der Waals surface area contributed by atoms with E-state index in [-0.39, 0.29) is 11.9 Å². The Morgan fingerprint density at radius 2 is 1.45 bits per heavy atom. The van der Waals surface area contributed by atoms with Gasteiger partial charge in [0.1, 0.15) is 0 Å². The molecule has 4 aromatic rings. The third-order valence-corrected chi connectivity index (χ3v) is 4.81. The second kappa shape index (κ2) is 8.29. The normalized spacial score (nSPS) is 11.8. The molecule has 144 valence electrons. The molecule has 0 radical (unpaired) electrons. The van der Waals surface area contributed by atoms with Gasteiger partial charge in [0.05, 0.1) is 6.04 Å². The molecular formula is C23H18ClN3O2. The molecule has 1 amide bonds. The van der Waals surface area contributed by atoms with Crippen LogP contribution >= 0.6 is 11.6 Å². The first-order valence-electron chi connectivity index (χ1n) is 9.16. The second-order valence-corrected chi connectivity index (χ2v) is 7.04. The maximum atomic E-state index is 12.5. The molecule has 3 aromatic carbocycles. The number of halogens is 1. The molecule has 0 spiro atoms. The topological polar surface area (TPSA) is 68.0 Å². The Labute approximate surface area is 173 Å². The number of hydrogen-bond donors (Lipinski definition) is 1. The van der Waals surface area contributed by atoms with Crippen LogP contribution in [0.1, 0.15) is 28.9 Å². The molecule has 0 aliphatic carbocycles. The lowest BCUT2D eigenvalue weighted by atomic mass is 10.1. The first-order valence-corrected chi connectivity index (χ1v) is 9.53. The largest absolute Gasteiger partial charge is 0.416 e. The van der Waals surface area contributed by atoms with Crippen LogP contribution in [0.15, 0.2) is 83.3 Å². The van der Waals surface area contributed by atoms with Gasteiger partial charge >= 0.3 is 0 Å². The highest BCUT2D eigenvalue weighted by molar-refractivity contribution is 6.30. The molecule has 0 aliphatic heterocycles. The molecular weight excluding hydrogens is 386 g/mol. The zero-order valence-corrected chi connectivity index (χ0v) is 16.4. The van der Waals surface area contributed by atoms with E-state index in [2.05, 4.69) is 15.5 Å². The van der Waals surface area contributed by atoms with Gasteiger partial charge in [0, 0.05) is 21.7 Å². The minimum Gasteiger partial charge on any atom is -0.416 e. The summed E-state index contributed by atoms with van der Waals surface area (Å²) in [7, 11) is 0. The Morgan fingerprint density at radius 1 is 0.862 bits per heavy atom. The van der Waals surface area contributed by atoms with Crippen molar-refractivity contribution in [1.29, 1.82) is 0 Å². The van der Waals surface area contributed by atoms with Crippen LogP contribution in [0, 0.1) is 0 Å². The van der Waals surface area contributed by atoms with Gasteiger partial charge in [0.25, 0.3) is 5.91 Å². The standard InChI is InChI=1S/C23H18ClN3O2/c1-15(16-11-13-20(24)14-12-16)25-21(28)17-7-9-19(10-8-17)23-27-26-22(29-23)18-5-3-2-4-6-18/h2-15H,1H3,(H,25,28)/t15-/m1/s1. The molecule has 29 heavy (non-hydrogen) atoms. The quantitative estimate of drug-likeness (QED) is 0.474. The molecule has 1 aromatic heterocycles. The highest BCUT2D eigenvalue weighted by Crippen LogP contribution is 2.24. The van der Waals surface area contributed by atoms with E-state index >= 15 is 0 Å². The number of nitrogens with one attached hydrogen (secondary N) is 1. The van der Waals surface area contributed by atoms with Crippen molar-refractivity contribution in [3.8, 4) is 22.9 Å². The Balaban J connectivity index is 1.45. The number of nitrogens with zero attached hydrogens (tertiary/aromatic N) is 2. The highest BCUT2D eigenvalue weighted by atomic mass is 35.5. The fraction of sp³-hybridized carbons (Fsp3) is 0.0870. The van der Waals surface area contributed by atoms with Gasteiger partial charge in [-0.05, 0) is 61.0 Å². The van der Waals surface area contributed by atoms with E-state index in [4.69, 9.17) is 16.0 Å². The van der Waals surface area contributed by atoms with Gasteiger partial charge in [0.15, 0.2) is 0 Å². The van der Waals surface area contributed by atoms with Gasteiger partial charge in [-0.15, -0.1) is 10.2 Å². The summed E-state index contributed by atoms with van der Waals surface area (Å²) in [5, 5.41) is 11.8. The first-order chi connectivity index (χ1) is 14.1. The maximum Gasteiger partial charge on any atom is 0.251 e. The second-order valence-electron chi connectivity index (χ2n) is 6.60. The van der Waals surface area contributed by atoms with Crippen LogP contribution in [-0.4, -0.2) is 16.1 Å². The van der Waals surface area contributed by atoms with Crippen molar-refractivity contribution in [1.82, 2.24) is 15.5 Å². The summed E-state index contributed by atoms with van der Waals surface area (Å²) in [4.78, 5) is 12.5. The molecule has 1 N–H and O–H groups in total. The van der Waals surface area contributed by atoms with Crippen molar-refractivity contribution in [2.45, 2.75) is 13.0 Å². The summed E-state index contributed by atoms with van der Waals surface area (Å²) in [5.41, 5.74) is 3.15. The minimum absolute atomic E-state index is 0.135. The molecule has 1 heterocycles. The molecule has 6 heteroatoms. The van der Waals surface area contributed by atoms with Crippen LogP contribution in [0.2, 0.25) is 5.02 Å².